The number of carbonyl (C=O) groups is 2. The first-order valence-corrected chi connectivity index (χ1v) is 8.15. The van der Waals surface area contributed by atoms with Crippen LogP contribution in [0.1, 0.15) is 15.9 Å². The molecule has 0 spiro atoms. The third-order valence-electron chi connectivity index (χ3n) is 3.77. The maximum absolute atomic E-state index is 12.2. The fourth-order valence-corrected chi connectivity index (χ4v) is 2.81. The van der Waals surface area contributed by atoms with Crippen LogP contribution in [0.3, 0.4) is 0 Å². The molecule has 6 heteroatoms. The Hall–Kier alpha value is -2.04. The number of ether oxygens (including phenoxy) is 2. The Balaban J connectivity index is 1.58. The molecule has 24 heavy (non-hydrogen) atoms. The maximum atomic E-state index is 12.2. The Kier molecular flexibility index (Phi) is 5.07. The highest BCUT2D eigenvalue weighted by molar-refractivity contribution is 6.31. The predicted octanol–water partition coefficient (Wildman–Crippen LogP) is 3.97. The maximum Gasteiger partial charge on any atom is 0.313 e. The molecule has 124 valence electrons. The molecule has 0 unspecified atom stereocenters. The second kappa shape index (κ2) is 7.24. The van der Waals surface area contributed by atoms with Crippen LogP contribution in [-0.2, 0) is 16.0 Å². The SMILES string of the molecule is O=C(COC(=O)[C@H]1COc2ccc(Cl)cc2C1)c1ccc(Cl)cc1. The molecule has 0 fully saturated rings. The second-order valence-corrected chi connectivity index (χ2v) is 6.37. The van der Waals surface area contributed by atoms with Gasteiger partial charge in [-0.25, -0.2) is 0 Å². The zero-order valence-corrected chi connectivity index (χ0v) is 14.1. The molecule has 2 aromatic rings. The Morgan fingerprint density at radius 3 is 2.54 bits per heavy atom. The molecule has 1 aliphatic heterocycles. The van der Waals surface area contributed by atoms with E-state index < -0.39 is 11.9 Å². The van der Waals surface area contributed by atoms with Crippen molar-refractivity contribution in [3.8, 4) is 5.75 Å². The van der Waals surface area contributed by atoms with Gasteiger partial charge >= 0.3 is 5.97 Å². The van der Waals surface area contributed by atoms with Crippen LogP contribution < -0.4 is 4.74 Å². The molecule has 0 radical (unpaired) electrons. The average Bonchev–Trinajstić information content (AvgIpc) is 2.59. The molecule has 1 atom stereocenters. The van der Waals surface area contributed by atoms with Crippen LogP contribution >= 0.6 is 23.2 Å². The van der Waals surface area contributed by atoms with Gasteiger partial charge in [0.25, 0.3) is 0 Å². The topological polar surface area (TPSA) is 52.6 Å². The number of carbonyl (C=O) groups excluding carboxylic acids is 2. The van der Waals surface area contributed by atoms with E-state index in [0.717, 1.165) is 11.3 Å². The van der Waals surface area contributed by atoms with Crippen LogP contribution in [-0.4, -0.2) is 25.0 Å². The normalized spacial score (nSPS) is 16.0. The first kappa shape index (κ1) is 16.8. The molecule has 0 amide bonds. The van der Waals surface area contributed by atoms with Crippen LogP contribution in [0.5, 0.6) is 5.75 Å². The van der Waals surface area contributed by atoms with E-state index in [1.54, 1.807) is 42.5 Å². The molecule has 4 nitrogen and oxygen atoms in total. The van der Waals surface area contributed by atoms with Gasteiger partial charge in [0.1, 0.15) is 12.4 Å². The number of rotatable bonds is 4. The van der Waals surface area contributed by atoms with Crippen molar-refractivity contribution in [2.45, 2.75) is 6.42 Å². The minimum atomic E-state index is -0.456. The van der Waals surface area contributed by atoms with Gasteiger partial charge in [-0.1, -0.05) is 23.2 Å². The van der Waals surface area contributed by atoms with E-state index in [9.17, 15) is 9.59 Å². The number of halogens is 2. The first-order chi connectivity index (χ1) is 11.5. The van der Waals surface area contributed by atoms with Crippen molar-refractivity contribution >= 4 is 35.0 Å². The van der Waals surface area contributed by atoms with Crippen molar-refractivity contribution < 1.29 is 19.1 Å². The van der Waals surface area contributed by atoms with Crippen molar-refractivity contribution in [2.75, 3.05) is 13.2 Å². The highest BCUT2D eigenvalue weighted by atomic mass is 35.5. The lowest BCUT2D eigenvalue weighted by Crippen LogP contribution is -2.31. The molecule has 0 bridgehead atoms. The van der Waals surface area contributed by atoms with Crippen LogP contribution in [0.25, 0.3) is 0 Å². The van der Waals surface area contributed by atoms with Crippen LogP contribution in [0.15, 0.2) is 42.5 Å². The highest BCUT2D eigenvalue weighted by Gasteiger charge is 2.28. The lowest BCUT2D eigenvalue weighted by atomic mass is 9.97. The minimum absolute atomic E-state index is 0.225. The van der Waals surface area contributed by atoms with Crippen molar-refractivity contribution in [3.63, 3.8) is 0 Å². The fraction of sp³-hybridized carbons (Fsp3) is 0.222. The molecule has 0 aromatic heterocycles. The minimum Gasteiger partial charge on any atom is -0.492 e. The largest absolute Gasteiger partial charge is 0.492 e. The molecule has 1 aliphatic rings. The lowest BCUT2D eigenvalue weighted by Gasteiger charge is -2.24. The fourth-order valence-electron chi connectivity index (χ4n) is 2.49. The molecule has 0 saturated heterocycles. The summed E-state index contributed by atoms with van der Waals surface area (Å²) in [6, 6.07) is 11.7. The smallest absolute Gasteiger partial charge is 0.313 e. The number of esters is 1. The summed E-state index contributed by atoms with van der Waals surface area (Å²) in [6.07, 6.45) is 0.476. The number of hydrogen-bond acceptors (Lipinski definition) is 4. The predicted molar refractivity (Wildman–Crippen MR) is 90.9 cm³/mol. The van der Waals surface area contributed by atoms with Crippen molar-refractivity contribution in [1.29, 1.82) is 0 Å². The molecule has 3 rings (SSSR count). The third-order valence-corrected chi connectivity index (χ3v) is 4.26. The average molecular weight is 365 g/mol. The summed E-state index contributed by atoms with van der Waals surface area (Å²) in [6.45, 7) is -0.0814. The summed E-state index contributed by atoms with van der Waals surface area (Å²) in [5, 5.41) is 1.13. The van der Waals surface area contributed by atoms with Crippen molar-refractivity contribution in [1.82, 2.24) is 0 Å². The number of hydrogen-bond donors (Lipinski definition) is 0. The van der Waals surface area contributed by atoms with E-state index in [-0.39, 0.29) is 19.0 Å². The number of benzene rings is 2. The van der Waals surface area contributed by atoms with E-state index in [1.807, 2.05) is 0 Å². The molecule has 0 saturated carbocycles. The van der Waals surface area contributed by atoms with Gasteiger partial charge < -0.3 is 9.47 Å². The summed E-state index contributed by atoms with van der Waals surface area (Å²) < 4.78 is 10.7. The zero-order chi connectivity index (χ0) is 17.1. The van der Waals surface area contributed by atoms with E-state index in [4.69, 9.17) is 32.7 Å². The highest BCUT2D eigenvalue weighted by Crippen LogP contribution is 2.30. The second-order valence-electron chi connectivity index (χ2n) is 5.50. The lowest BCUT2D eigenvalue weighted by molar-refractivity contribution is -0.148. The number of fused-ring (bicyclic) bond motifs is 1. The summed E-state index contributed by atoms with van der Waals surface area (Å²) in [7, 11) is 0. The Bertz CT molecular complexity index is 771. The van der Waals surface area contributed by atoms with Crippen molar-refractivity contribution in [3.05, 3.63) is 63.6 Å². The Morgan fingerprint density at radius 2 is 1.79 bits per heavy atom. The van der Waals surface area contributed by atoms with Gasteiger partial charge in [0, 0.05) is 15.6 Å². The van der Waals surface area contributed by atoms with Crippen molar-refractivity contribution in [2.24, 2.45) is 5.92 Å². The van der Waals surface area contributed by atoms with Gasteiger partial charge in [0.15, 0.2) is 12.4 Å². The number of ketones is 1. The van der Waals surface area contributed by atoms with Gasteiger partial charge in [-0.15, -0.1) is 0 Å². The molecule has 0 N–H and O–H groups in total. The van der Waals surface area contributed by atoms with Crippen LogP contribution in [0.4, 0.5) is 0 Å². The van der Waals surface area contributed by atoms with Crippen LogP contribution in [0.2, 0.25) is 10.0 Å². The zero-order valence-electron chi connectivity index (χ0n) is 12.6. The summed E-state index contributed by atoms with van der Waals surface area (Å²) >= 11 is 11.7. The Labute approximate surface area is 149 Å². The van der Waals surface area contributed by atoms with E-state index in [1.165, 1.54) is 0 Å². The van der Waals surface area contributed by atoms with Gasteiger partial charge in [0.05, 0.1) is 5.92 Å². The molecule has 0 aliphatic carbocycles. The summed E-state index contributed by atoms with van der Waals surface area (Å²) in [5.74, 6) is -0.460. The standard InChI is InChI=1S/C18H14Cl2O4/c19-14-3-1-11(2-4-14)16(21)10-24-18(22)13-7-12-8-15(20)5-6-17(12)23-9-13/h1-6,8,13H,7,9-10H2/t13-/m1/s1. The Morgan fingerprint density at radius 1 is 1.08 bits per heavy atom. The van der Waals surface area contributed by atoms with E-state index >= 15 is 0 Å². The number of Topliss-reactive ketones (excluding diaryl/α,β-unsaturated/α-hetero) is 1. The third kappa shape index (κ3) is 3.89. The summed E-state index contributed by atoms with van der Waals surface area (Å²) in [4.78, 5) is 24.2. The molecule has 2 aromatic carbocycles. The monoisotopic (exact) mass is 364 g/mol. The van der Waals surface area contributed by atoms with E-state index in [0.29, 0.717) is 22.0 Å². The van der Waals surface area contributed by atoms with Crippen LogP contribution in [0, 0.1) is 5.92 Å². The van der Waals surface area contributed by atoms with Gasteiger partial charge in [-0.2, -0.15) is 0 Å². The summed E-state index contributed by atoms with van der Waals surface area (Å²) in [5.41, 5.74) is 1.31. The molecular weight excluding hydrogens is 351 g/mol. The van der Waals surface area contributed by atoms with Gasteiger partial charge in [0.2, 0.25) is 0 Å². The van der Waals surface area contributed by atoms with Gasteiger partial charge in [-0.3, -0.25) is 9.59 Å². The van der Waals surface area contributed by atoms with Gasteiger partial charge in [-0.05, 0) is 54.4 Å². The molecular formula is C18H14Cl2O4. The first-order valence-electron chi connectivity index (χ1n) is 7.39. The quantitative estimate of drug-likeness (QED) is 0.608. The van der Waals surface area contributed by atoms with E-state index in [2.05, 4.69) is 0 Å². The molecule has 1 heterocycles.